The molecule has 2 aliphatic rings. The van der Waals surface area contributed by atoms with E-state index in [-0.39, 0.29) is 16.7 Å². The monoisotopic (exact) mass is 440 g/mol. The summed E-state index contributed by atoms with van der Waals surface area (Å²) in [4.78, 5) is 31.0. The average molecular weight is 441 g/mol. The first kappa shape index (κ1) is 22.0. The Morgan fingerprint density at radius 3 is 2.52 bits per heavy atom. The lowest BCUT2D eigenvalue weighted by Crippen LogP contribution is -2.58. The van der Waals surface area contributed by atoms with Crippen molar-refractivity contribution in [3.8, 4) is 10.4 Å². The molecule has 4 rings (SSSR count). The highest BCUT2D eigenvalue weighted by molar-refractivity contribution is 7.16. The van der Waals surface area contributed by atoms with E-state index >= 15 is 0 Å². The van der Waals surface area contributed by atoms with Crippen molar-refractivity contribution in [1.29, 1.82) is 0 Å². The van der Waals surface area contributed by atoms with Gasteiger partial charge < -0.3 is 14.9 Å². The molecular formula is C25H32N2O3S. The Balaban J connectivity index is 1.86. The van der Waals surface area contributed by atoms with Crippen molar-refractivity contribution in [3.05, 3.63) is 39.8 Å². The van der Waals surface area contributed by atoms with Gasteiger partial charge in [-0.05, 0) is 81.4 Å². The highest BCUT2D eigenvalue weighted by Gasteiger charge is 2.45. The number of benzene rings is 1. The van der Waals surface area contributed by atoms with Crippen LogP contribution in [0.5, 0.6) is 0 Å². The van der Waals surface area contributed by atoms with Crippen LogP contribution in [0.2, 0.25) is 0 Å². The van der Waals surface area contributed by atoms with E-state index in [1.54, 1.807) is 16.2 Å². The van der Waals surface area contributed by atoms with E-state index in [4.69, 9.17) is 0 Å². The summed E-state index contributed by atoms with van der Waals surface area (Å²) in [5.41, 5.74) is 4.12. The lowest BCUT2D eigenvalue weighted by atomic mass is 9.76. The molecule has 5 nitrogen and oxygen atoms in total. The molecule has 0 bridgehead atoms. The summed E-state index contributed by atoms with van der Waals surface area (Å²) in [5, 5.41) is 10.2. The van der Waals surface area contributed by atoms with E-state index in [2.05, 4.69) is 24.8 Å². The van der Waals surface area contributed by atoms with Gasteiger partial charge in [0.25, 0.3) is 0 Å². The van der Waals surface area contributed by atoms with Crippen LogP contribution in [-0.2, 0) is 24.2 Å². The minimum atomic E-state index is -0.854. The van der Waals surface area contributed by atoms with Gasteiger partial charge in [0.15, 0.2) is 0 Å². The predicted molar refractivity (Wildman–Crippen MR) is 126 cm³/mol. The summed E-state index contributed by atoms with van der Waals surface area (Å²) in [7, 11) is 4.03. The molecule has 1 N–H and O–H groups in total. The Kier molecular flexibility index (Phi) is 5.30. The molecule has 2 aromatic rings. The molecule has 0 radical (unpaired) electrons. The maximum absolute atomic E-state index is 12.6. The number of carbonyl (C=O) groups is 2. The van der Waals surface area contributed by atoms with Gasteiger partial charge in [-0.1, -0.05) is 19.9 Å². The average Bonchev–Trinajstić information content (AvgIpc) is 3.03. The second kappa shape index (κ2) is 7.45. The molecule has 1 saturated heterocycles. The lowest BCUT2D eigenvalue weighted by Gasteiger charge is -2.44. The number of nitrogens with zero attached hydrogens (tertiary/aromatic N) is 2. The fourth-order valence-corrected chi connectivity index (χ4v) is 6.14. The summed E-state index contributed by atoms with van der Waals surface area (Å²) < 4.78 is 0. The van der Waals surface area contributed by atoms with E-state index in [0.29, 0.717) is 18.7 Å². The summed E-state index contributed by atoms with van der Waals surface area (Å²) in [5.74, 6) is -0.739. The Hall–Kier alpha value is -2.18. The Morgan fingerprint density at radius 2 is 1.94 bits per heavy atom. The van der Waals surface area contributed by atoms with E-state index < -0.39 is 5.97 Å². The van der Waals surface area contributed by atoms with Crippen LogP contribution < -0.4 is 4.90 Å². The molecule has 0 unspecified atom stereocenters. The van der Waals surface area contributed by atoms with E-state index in [1.165, 1.54) is 4.88 Å². The second-order valence-corrected chi connectivity index (χ2v) is 11.8. The molecule has 0 saturated carbocycles. The van der Waals surface area contributed by atoms with Crippen molar-refractivity contribution in [3.63, 3.8) is 0 Å². The molecule has 1 amide bonds. The van der Waals surface area contributed by atoms with Gasteiger partial charge in [0, 0.05) is 28.5 Å². The quantitative estimate of drug-likeness (QED) is 0.660. The van der Waals surface area contributed by atoms with Crippen molar-refractivity contribution in [2.75, 3.05) is 25.5 Å². The number of β-lactam (4-membered cyclic amide) rings is 1. The number of carbonyl (C=O) groups excluding carboxylic acids is 1. The number of hydrogen-bond donors (Lipinski definition) is 1. The van der Waals surface area contributed by atoms with Crippen molar-refractivity contribution in [2.24, 2.45) is 10.8 Å². The zero-order chi connectivity index (χ0) is 22.7. The van der Waals surface area contributed by atoms with Crippen LogP contribution in [0.3, 0.4) is 0 Å². The number of carboxylic acid groups (broad SMARTS) is 1. The Bertz CT molecular complexity index is 1060. The highest BCUT2D eigenvalue weighted by atomic mass is 32.1. The van der Waals surface area contributed by atoms with E-state index in [9.17, 15) is 14.7 Å². The number of amides is 1. The van der Waals surface area contributed by atoms with Crippen LogP contribution >= 0.6 is 11.3 Å². The van der Waals surface area contributed by atoms with Crippen LogP contribution in [0.4, 0.5) is 5.69 Å². The summed E-state index contributed by atoms with van der Waals surface area (Å²) >= 11 is 1.63. The molecule has 1 aliphatic carbocycles. The third-order valence-corrected chi connectivity index (χ3v) is 7.83. The molecule has 1 fully saturated rings. The van der Waals surface area contributed by atoms with Gasteiger partial charge in [-0.25, -0.2) is 4.79 Å². The van der Waals surface area contributed by atoms with Gasteiger partial charge in [0.2, 0.25) is 5.91 Å². The fraction of sp³-hybridized carbons (Fsp3) is 0.520. The number of aryl methyl sites for hydroxylation is 1. The minimum absolute atomic E-state index is 0.111. The van der Waals surface area contributed by atoms with Crippen molar-refractivity contribution < 1.29 is 14.7 Å². The lowest BCUT2D eigenvalue weighted by molar-refractivity contribution is -0.132. The molecule has 1 aliphatic heterocycles. The van der Waals surface area contributed by atoms with Crippen molar-refractivity contribution in [2.45, 2.75) is 53.5 Å². The molecule has 31 heavy (non-hydrogen) atoms. The Labute approximate surface area is 188 Å². The first-order valence-electron chi connectivity index (χ1n) is 10.9. The van der Waals surface area contributed by atoms with Crippen LogP contribution in [0.25, 0.3) is 10.4 Å². The third kappa shape index (κ3) is 3.92. The number of rotatable bonds is 5. The standard InChI is InChI=1S/C25H32N2O3S/c1-24(2)10-9-19-18(12-24)20(22(28)29)21(31-19)17-11-16(8-7-15(17)13-26(5)6)27-14-25(3,4)23(27)30/h7-8,11H,9-10,12-14H2,1-6H3,(H,28,29). The molecule has 1 aromatic heterocycles. The normalized spacial score (nSPS) is 19.3. The summed E-state index contributed by atoms with van der Waals surface area (Å²) in [6.45, 7) is 9.75. The zero-order valence-corrected chi connectivity index (χ0v) is 20.2. The molecular weight excluding hydrogens is 408 g/mol. The molecule has 0 atom stereocenters. The van der Waals surface area contributed by atoms with Crippen molar-refractivity contribution >= 4 is 28.9 Å². The largest absolute Gasteiger partial charge is 0.478 e. The summed E-state index contributed by atoms with van der Waals surface area (Å²) in [6, 6.07) is 6.07. The highest BCUT2D eigenvalue weighted by Crippen LogP contribution is 2.47. The van der Waals surface area contributed by atoms with Crippen LogP contribution in [0.15, 0.2) is 18.2 Å². The SMILES string of the molecule is CN(C)Cc1ccc(N2CC(C)(C)C2=O)cc1-c1sc2c(c1C(=O)O)CC(C)(C)CC2. The fourth-order valence-electron chi connectivity index (χ4n) is 4.78. The first-order chi connectivity index (χ1) is 14.4. The van der Waals surface area contributed by atoms with E-state index in [0.717, 1.165) is 46.5 Å². The zero-order valence-electron chi connectivity index (χ0n) is 19.3. The molecule has 166 valence electrons. The topological polar surface area (TPSA) is 60.9 Å². The third-order valence-electron chi connectivity index (χ3n) is 6.50. The first-order valence-corrected chi connectivity index (χ1v) is 11.7. The number of thiophene rings is 1. The molecule has 6 heteroatoms. The van der Waals surface area contributed by atoms with Gasteiger partial charge in [-0.3, -0.25) is 4.79 Å². The van der Waals surface area contributed by atoms with Crippen molar-refractivity contribution in [1.82, 2.24) is 4.90 Å². The van der Waals surface area contributed by atoms with Gasteiger partial charge in [-0.15, -0.1) is 11.3 Å². The number of anilines is 1. The number of aromatic carboxylic acids is 1. The second-order valence-electron chi connectivity index (χ2n) is 10.7. The van der Waals surface area contributed by atoms with Gasteiger partial charge >= 0.3 is 5.97 Å². The predicted octanol–water partition coefficient (Wildman–Crippen LogP) is 5.06. The number of carboxylic acids is 1. The summed E-state index contributed by atoms with van der Waals surface area (Å²) in [6.07, 6.45) is 2.79. The maximum Gasteiger partial charge on any atom is 0.337 e. The van der Waals surface area contributed by atoms with Gasteiger partial charge in [-0.2, -0.15) is 0 Å². The van der Waals surface area contributed by atoms with E-state index in [1.807, 2.05) is 40.1 Å². The Morgan fingerprint density at radius 1 is 1.23 bits per heavy atom. The van der Waals surface area contributed by atoms with Gasteiger partial charge in [0.05, 0.1) is 11.0 Å². The molecule has 1 aromatic carbocycles. The van der Waals surface area contributed by atoms with Crippen LogP contribution in [0, 0.1) is 10.8 Å². The van der Waals surface area contributed by atoms with Gasteiger partial charge in [0.1, 0.15) is 0 Å². The van der Waals surface area contributed by atoms with Crippen LogP contribution in [0.1, 0.15) is 60.5 Å². The molecule has 0 spiro atoms. The maximum atomic E-state index is 12.6. The number of fused-ring (bicyclic) bond motifs is 1. The van der Waals surface area contributed by atoms with Crippen LogP contribution in [-0.4, -0.2) is 42.5 Å². The number of hydrogen-bond acceptors (Lipinski definition) is 4. The minimum Gasteiger partial charge on any atom is -0.478 e. The molecule has 2 heterocycles. The smallest absolute Gasteiger partial charge is 0.337 e.